The van der Waals surface area contributed by atoms with Crippen LogP contribution in [0.1, 0.15) is 79.4 Å². The molecule has 2 radical (unpaired) electrons. The molecule has 172 valence electrons. The van der Waals surface area contributed by atoms with E-state index in [0.29, 0.717) is 9.76 Å². The summed E-state index contributed by atoms with van der Waals surface area (Å²) in [4.78, 5) is 12.4. The zero-order chi connectivity index (χ0) is 23.4. The van der Waals surface area contributed by atoms with Crippen LogP contribution >= 0.6 is 0 Å². The number of amides is 1. The third kappa shape index (κ3) is 7.69. The maximum atomic E-state index is 12.4. The van der Waals surface area contributed by atoms with Gasteiger partial charge < -0.3 is 13.9 Å². The Bertz CT molecular complexity index is 790. The number of carbonyl (C=O) groups excluding carboxylic acids is 1. The fourth-order valence-electron chi connectivity index (χ4n) is 3.37. The minimum absolute atomic E-state index is 0.0610. The highest BCUT2D eigenvalue weighted by Gasteiger charge is 2.37. The number of ether oxygens (including phenoxy) is 2. The number of benzene rings is 1. The van der Waals surface area contributed by atoms with Gasteiger partial charge in [0.25, 0.3) is 0 Å². The van der Waals surface area contributed by atoms with Gasteiger partial charge in [0.05, 0.1) is 11.3 Å². The third-order valence-electron chi connectivity index (χ3n) is 4.91. The van der Waals surface area contributed by atoms with Crippen molar-refractivity contribution in [3.05, 3.63) is 35.9 Å². The topological polar surface area (TPSA) is 56.8 Å². The Balaban J connectivity index is 2.30. The highest BCUT2D eigenvalue weighted by Crippen LogP contribution is 2.40. The predicted molar refractivity (Wildman–Crippen MR) is 128 cm³/mol. The lowest BCUT2D eigenvalue weighted by Gasteiger charge is -2.40. The summed E-state index contributed by atoms with van der Waals surface area (Å²) in [6.07, 6.45) is 4.69. The number of carbonyl (C=O) groups is 1. The van der Waals surface area contributed by atoms with E-state index in [0.717, 1.165) is 42.7 Å². The second kappa shape index (κ2) is 9.78. The maximum absolute atomic E-state index is 12.4. The number of fused-ring (bicyclic) bond motifs is 1. The van der Waals surface area contributed by atoms with Gasteiger partial charge in [-0.1, -0.05) is 32.9 Å². The van der Waals surface area contributed by atoms with Gasteiger partial charge >= 0.3 is 6.09 Å². The number of hydrogen-bond donors (Lipinski definition) is 1. The average molecular weight is 446 g/mol. The van der Waals surface area contributed by atoms with Gasteiger partial charge in [-0.3, -0.25) is 5.32 Å². The van der Waals surface area contributed by atoms with E-state index in [2.05, 4.69) is 46.5 Å². The lowest BCUT2D eigenvalue weighted by Crippen LogP contribution is -2.46. The number of allylic oxidation sites excluding steroid dienone is 1. The first kappa shape index (κ1) is 25.5. The second-order valence-electron chi connectivity index (χ2n) is 10.7. The van der Waals surface area contributed by atoms with Gasteiger partial charge in [0.2, 0.25) is 9.76 Å². The average Bonchev–Trinajstić information content (AvgIpc) is 2.63. The summed E-state index contributed by atoms with van der Waals surface area (Å²) < 4.78 is 18.3. The first-order valence-electron chi connectivity index (χ1n) is 11.1. The number of rotatable bonds is 7. The Hall–Kier alpha value is -1.79. The Morgan fingerprint density at radius 2 is 1.90 bits per heavy atom. The predicted octanol–water partition coefficient (Wildman–Crippen LogP) is 6.48. The molecule has 1 atom stereocenters. The van der Waals surface area contributed by atoms with Crippen molar-refractivity contribution in [2.75, 3.05) is 5.32 Å². The summed E-state index contributed by atoms with van der Waals surface area (Å²) in [5.74, 6) is 0.863. The molecular weight excluding hydrogens is 406 g/mol. The summed E-state index contributed by atoms with van der Waals surface area (Å²) in [5.41, 5.74) is 1.91. The van der Waals surface area contributed by atoms with Crippen LogP contribution in [0, 0.1) is 0 Å². The van der Waals surface area contributed by atoms with Gasteiger partial charge in [0, 0.05) is 5.56 Å². The van der Waals surface area contributed by atoms with Gasteiger partial charge in [-0.2, -0.15) is 0 Å². The molecule has 0 aliphatic carbocycles. The van der Waals surface area contributed by atoms with Crippen molar-refractivity contribution in [3.8, 4) is 5.75 Å². The zero-order valence-corrected chi connectivity index (χ0v) is 21.5. The molecule has 1 aromatic rings. The number of aryl methyl sites for hydroxylation is 1. The molecule has 1 aromatic carbocycles. The first-order valence-corrected chi connectivity index (χ1v) is 12.0. The molecule has 0 spiro atoms. The quantitative estimate of drug-likeness (QED) is 0.385. The zero-order valence-electron chi connectivity index (χ0n) is 20.5. The third-order valence-corrected chi connectivity index (χ3v) is 6.15. The summed E-state index contributed by atoms with van der Waals surface area (Å²) in [6.45, 7) is 20.2. The molecule has 0 aromatic heterocycles. The van der Waals surface area contributed by atoms with Gasteiger partial charge in [-0.05, 0) is 77.0 Å². The van der Waals surface area contributed by atoms with Crippen LogP contribution < -0.4 is 10.1 Å². The Morgan fingerprint density at radius 3 is 2.48 bits per heavy atom. The number of hydrogen-bond acceptors (Lipinski definition) is 4. The van der Waals surface area contributed by atoms with E-state index in [9.17, 15) is 4.79 Å². The molecule has 1 heterocycles. The van der Waals surface area contributed by atoms with Gasteiger partial charge in [0.1, 0.15) is 17.5 Å². The molecule has 6 heteroatoms. The van der Waals surface area contributed by atoms with Crippen molar-refractivity contribution in [1.29, 1.82) is 0 Å². The van der Waals surface area contributed by atoms with E-state index in [4.69, 9.17) is 13.9 Å². The van der Waals surface area contributed by atoms with E-state index in [-0.39, 0.29) is 11.1 Å². The fourth-order valence-corrected chi connectivity index (χ4v) is 4.07. The van der Waals surface area contributed by atoms with Crippen LogP contribution in [0.25, 0.3) is 0 Å². The molecule has 0 fully saturated rings. The Kier molecular flexibility index (Phi) is 8.03. The van der Waals surface area contributed by atoms with Crippen molar-refractivity contribution in [1.82, 2.24) is 0 Å². The lowest BCUT2D eigenvalue weighted by molar-refractivity contribution is -0.0244. The van der Waals surface area contributed by atoms with Crippen LogP contribution in [0.4, 0.5) is 10.5 Å². The first-order chi connectivity index (χ1) is 14.2. The normalized spacial score (nSPS) is 16.8. The van der Waals surface area contributed by atoms with Crippen LogP contribution in [-0.4, -0.2) is 33.2 Å². The Labute approximate surface area is 190 Å². The fraction of sp³-hybridized carbons (Fsp3) is 0.640. The molecule has 1 amide bonds. The molecule has 5 nitrogen and oxygen atoms in total. The van der Waals surface area contributed by atoms with Crippen molar-refractivity contribution in [3.63, 3.8) is 0 Å². The van der Waals surface area contributed by atoms with Gasteiger partial charge in [-0.25, -0.2) is 4.79 Å². The van der Waals surface area contributed by atoms with Crippen molar-refractivity contribution < 1.29 is 18.7 Å². The monoisotopic (exact) mass is 445 g/mol. The van der Waals surface area contributed by atoms with Crippen molar-refractivity contribution >= 4 is 21.5 Å². The smallest absolute Gasteiger partial charge is 0.412 e. The van der Waals surface area contributed by atoms with Crippen LogP contribution in [0.2, 0.25) is 5.04 Å². The summed E-state index contributed by atoms with van der Waals surface area (Å²) in [7, 11) is 0.389. The molecule has 31 heavy (non-hydrogen) atoms. The molecule has 1 aliphatic rings. The molecule has 1 aliphatic heterocycles. The standard InChI is InChI=1S/C25H39NO4Si/c1-10-11-12-18-19(26-22(27)29-23(2,3)4)15-13-17-14-16-20(28-21(17)18)25(8,9)30-31-24(5,6)7/h10,13,15,20H,1,11-12,14,16H2,2-9H3,(H,26,27)/t20-/m1/s1. The molecular formula is C25H39NO4Si. The molecule has 1 N–H and O–H groups in total. The second-order valence-corrected chi connectivity index (χ2v) is 12.6. The van der Waals surface area contributed by atoms with Gasteiger partial charge in [-0.15, -0.1) is 6.58 Å². The van der Waals surface area contributed by atoms with Gasteiger partial charge in [0.15, 0.2) is 0 Å². The highest BCUT2D eigenvalue weighted by molar-refractivity contribution is 6.31. The largest absolute Gasteiger partial charge is 0.487 e. The van der Waals surface area contributed by atoms with E-state index in [1.165, 1.54) is 5.56 Å². The molecule has 0 saturated heterocycles. The van der Waals surface area contributed by atoms with Crippen molar-refractivity contribution in [2.45, 2.75) is 103 Å². The number of anilines is 1. The van der Waals surface area contributed by atoms with Crippen LogP contribution in [-0.2, 0) is 22.0 Å². The van der Waals surface area contributed by atoms with Crippen molar-refractivity contribution in [2.24, 2.45) is 0 Å². The number of nitrogens with one attached hydrogen (secondary N) is 1. The minimum Gasteiger partial charge on any atom is -0.487 e. The van der Waals surface area contributed by atoms with Crippen LogP contribution in [0.3, 0.4) is 0 Å². The highest BCUT2D eigenvalue weighted by atomic mass is 28.2. The molecule has 0 saturated carbocycles. The summed E-state index contributed by atoms with van der Waals surface area (Å²) in [5, 5.41) is 3.03. The Morgan fingerprint density at radius 1 is 1.23 bits per heavy atom. The van der Waals surface area contributed by atoms with E-state index in [1.807, 2.05) is 39.0 Å². The van der Waals surface area contributed by atoms with E-state index < -0.39 is 17.3 Å². The van der Waals surface area contributed by atoms with E-state index >= 15 is 0 Å². The molecule has 0 bridgehead atoms. The van der Waals surface area contributed by atoms with Crippen LogP contribution in [0.5, 0.6) is 5.75 Å². The molecule has 0 unspecified atom stereocenters. The SMILES string of the molecule is C=CCCc1c(NC(=O)OC(C)(C)C)ccc2c1O[C@@H](C(C)(C)O[Si]C(C)(C)C)CC2. The summed E-state index contributed by atoms with van der Waals surface area (Å²) >= 11 is 0. The van der Waals surface area contributed by atoms with E-state index in [1.54, 1.807) is 0 Å². The maximum Gasteiger partial charge on any atom is 0.412 e. The lowest BCUT2D eigenvalue weighted by atomic mass is 9.90. The molecule has 2 rings (SSSR count). The minimum atomic E-state index is -0.559. The summed E-state index contributed by atoms with van der Waals surface area (Å²) in [6, 6.07) is 3.99. The van der Waals surface area contributed by atoms with Crippen LogP contribution in [0.15, 0.2) is 24.8 Å².